The maximum absolute atomic E-state index is 13.0. The summed E-state index contributed by atoms with van der Waals surface area (Å²) in [6.45, 7) is 2.78. The monoisotopic (exact) mass is 643 g/mol. The zero-order chi connectivity index (χ0) is 33.6. The number of ether oxygens (including phenoxy) is 2. The van der Waals surface area contributed by atoms with Gasteiger partial charge in [0, 0.05) is 50.3 Å². The molecular weight excluding hydrogens is 606 g/mol. The number of methoxy groups -OCH3 is 2. The van der Waals surface area contributed by atoms with E-state index in [1.54, 1.807) is 82.2 Å². The van der Waals surface area contributed by atoms with Gasteiger partial charge in [-0.15, -0.1) is 0 Å². The van der Waals surface area contributed by atoms with Gasteiger partial charge in [0.15, 0.2) is 11.5 Å². The minimum Gasteiger partial charge on any atom is -0.493 e. The molecule has 3 heterocycles. The predicted molar refractivity (Wildman–Crippen MR) is 186 cm³/mol. The third-order valence-electron chi connectivity index (χ3n) is 8.57. The Hall–Kier alpha value is -5.74. The Balaban J connectivity index is 1.06. The predicted octanol–water partition coefficient (Wildman–Crippen LogP) is 3.00. The molecule has 1 aliphatic rings. The number of pyridine rings is 1. The standard InChI is InChI=1S/C38H37N5O5/c1-42-33(20-27-5-4-16-39-23-27)37(45)41-32(38(42)46)19-26-6-10-28(11-7-26)36(44)40-31-12-8-25(9-13-31)14-17-43-18-15-29-21-34(47-2)35(48-3)22-30(29)24-43/h4-13,16,19-23H,14-15,17-18,24H2,1-3H3,(H,40,44)(H,41,45)/b32-19-,33-20-. The van der Waals surface area contributed by atoms with Gasteiger partial charge in [-0.25, -0.2) is 0 Å². The lowest BCUT2D eigenvalue weighted by Gasteiger charge is -2.29. The molecule has 0 unspecified atom stereocenters. The molecule has 1 aliphatic heterocycles. The summed E-state index contributed by atoms with van der Waals surface area (Å²) in [5, 5.41) is 3.32. The number of benzene rings is 3. The molecule has 0 radical (unpaired) electrons. The topological polar surface area (TPSA) is 119 Å². The quantitative estimate of drug-likeness (QED) is 0.254. The van der Waals surface area contributed by atoms with Crippen molar-refractivity contribution in [3.05, 3.63) is 150 Å². The second-order valence-corrected chi connectivity index (χ2v) is 11.7. The van der Waals surface area contributed by atoms with Crippen LogP contribution in [0.2, 0.25) is 0 Å². The van der Waals surface area contributed by atoms with Crippen LogP contribution < -0.4 is 36.6 Å². The van der Waals surface area contributed by atoms with Crippen LogP contribution in [-0.4, -0.2) is 52.7 Å². The van der Waals surface area contributed by atoms with Crippen LogP contribution in [0, 0.1) is 0 Å². The summed E-state index contributed by atoms with van der Waals surface area (Å²) in [5.41, 5.74) is 5.58. The van der Waals surface area contributed by atoms with Gasteiger partial charge in [-0.3, -0.25) is 24.3 Å². The Morgan fingerprint density at radius 1 is 0.938 bits per heavy atom. The number of nitrogens with one attached hydrogen (secondary N) is 2. The summed E-state index contributed by atoms with van der Waals surface area (Å²) >= 11 is 0. The van der Waals surface area contributed by atoms with Crippen LogP contribution in [0.1, 0.15) is 38.2 Å². The van der Waals surface area contributed by atoms with E-state index in [4.69, 9.17) is 9.47 Å². The molecule has 10 nitrogen and oxygen atoms in total. The van der Waals surface area contributed by atoms with Gasteiger partial charge in [-0.1, -0.05) is 30.3 Å². The van der Waals surface area contributed by atoms with Gasteiger partial charge in [0.1, 0.15) is 10.7 Å². The number of anilines is 1. The van der Waals surface area contributed by atoms with E-state index in [9.17, 15) is 14.4 Å². The van der Waals surface area contributed by atoms with Gasteiger partial charge in [0.05, 0.1) is 14.2 Å². The first-order valence-electron chi connectivity index (χ1n) is 15.7. The van der Waals surface area contributed by atoms with Crippen molar-refractivity contribution in [2.45, 2.75) is 19.4 Å². The van der Waals surface area contributed by atoms with E-state index < -0.39 is 5.56 Å². The lowest BCUT2D eigenvalue weighted by Crippen LogP contribution is -2.52. The Labute approximate surface area is 277 Å². The molecule has 48 heavy (non-hydrogen) atoms. The van der Waals surface area contributed by atoms with E-state index in [1.165, 1.54) is 21.3 Å². The van der Waals surface area contributed by atoms with E-state index >= 15 is 0 Å². The summed E-state index contributed by atoms with van der Waals surface area (Å²) in [7, 11) is 4.88. The van der Waals surface area contributed by atoms with Crippen LogP contribution in [0.25, 0.3) is 12.2 Å². The molecule has 0 bridgehead atoms. The number of aromatic amines is 1. The first-order chi connectivity index (χ1) is 23.3. The number of aromatic nitrogens is 3. The van der Waals surface area contributed by atoms with Crippen molar-refractivity contribution in [1.82, 2.24) is 19.4 Å². The maximum atomic E-state index is 13.0. The van der Waals surface area contributed by atoms with Gasteiger partial charge in [-0.2, -0.15) is 0 Å². The highest BCUT2D eigenvalue weighted by Gasteiger charge is 2.19. The van der Waals surface area contributed by atoms with Crippen molar-refractivity contribution in [1.29, 1.82) is 0 Å². The molecule has 2 N–H and O–H groups in total. The molecule has 0 saturated carbocycles. The van der Waals surface area contributed by atoms with Crippen molar-refractivity contribution < 1.29 is 14.3 Å². The molecule has 0 aliphatic carbocycles. The Bertz CT molecular complexity index is 2170. The van der Waals surface area contributed by atoms with Gasteiger partial charge in [-0.05, 0) is 95.3 Å². The van der Waals surface area contributed by atoms with Crippen molar-refractivity contribution in [3.63, 3.8) is 0 Å². The summed E-state index contributed by atoms with van der Waals surface area (Å²) in [6.07, 6.45) is 8.33. The van der Waals surface area contributed by atoms with Gasteiger partial charge < -0.3 is 24.3 Å². The lowest BCUT2D eigenvalue weighted by molar-refractivity contribution is 0.102. The number of rotatable bonds is 9. The summed E-state index contributed by atoms with van der Waals surface area (Å²) in [5.74, 6) is 1.29. The molecule has 1 amide bonds. The van der Waals surface area contributed by atoms with E-state index in [-0.39, 0.29) is 22.2 Å². The van der Waals surface area contributed by atoms with Gasteiger partial charge >= 0.3 is 0 Å². The molecule has 3 aromatic carbocycles. The van der Waals surface area contributed by atoms with Crippen LogP contribution in [0.4, 0.5) is 5.69 Å². The first kappa shape index (κ1) is 32.2. The zero-order valence-corrected chi connectivity index (χ0v) is 27.2. The number of carbonyl (C=O) groups excluding carboxylic acids is 1. The van der Waals surface area contributed by atoms with Gasteiger partial charge in [0.25, 0.3) is 17.0 Å². The number of carbonyl (C=O) groups is 1. The van der Waals surface area contributed by atoms with Crippen LogP contribution in [0.5, 0.6) is 11.5 Å². The molecule has 0 atom stereocenters. The number of hydrogen-bond donors (Lipinski definition) is 2. The first-order valence-corrected chi connectivity index (χ1v) is 15.7. The smallest absolute Gasteiger partial charge is 0.274 e. The molecular formula is C38H37N5O5. The molecule has 0 saturated heterocycles. The summed E-state index contributed by atoms with van der Waals surface area (Å²) in [6, 6.07) is 22.5. The fraction of sp³-hybridized carbons (Fsp3) is 0.211. The molecule has 6 rings (SSSR count). The molecule has 10 heteroatoms. The largest absolute Gasteiger partial charge is 0.493 e. The number of H-pyrrole nitrogens is 1. The maximum Gasteiger partial charge on any atom is 0.274 e. The van der Waals surface area contributed by atoms with E-state index in [0.29, 0.717) is 22.4 Å². The van der Waals surface area contributed by atoms with Crippen LogP contribution in [0.3, 0.4) is 0 Å². The molecule has 5 aromatic rings. The minimum absolute atomic E-state index is 0.147. The summed E-state index contributed by atoms with van der Waals surface area (Å²) in [4.78, 5) is 47.9. The SMILES string of the molecule is COc1cc2c(cc1OC)CN(CCc1ccc(NC(=O)c3ccc(/C=c4\[nH]c(=O)/c(=C/c5cccnc5)n(C)c4=O)cc3)cc1)CC2. The lowest BCUT2D eigenvalue weighted by atomic mass is 9.98. The van der Waals surface area contributed by atoms with Crippen LogP contribution in [-0.2, 0) is 26.4 Å². The third kappa shape index (κ3) is 7.29. The molecule has 2 aromatic heterocycles. The normalized spacial score (nSPS) is 13.6. The van der Waals surface area contributed by atoms with E-state index in [1.807, 2.05) is 24.3 Å². The molecule has 0 spiro atoms. The third-order valence-corrected chi connectivity index (χ3v) is 8.57. The van der Waals surface area contributed by atoms with Crippen molar-refractivity contribution in [2.24, 2.45) is 7.05 Å². The highest BCUT2D eigenvalue weighted by molar-refractivity contribution is 6.04. The Morgan fingerprint density at radius 3 is 2.35 bits per heavy atom. The number of fused-ring (bicyclic) bond motifs is 1. The fourth-order valence-electron chi connectivity index (χ4n) is 5.84. The average molecular weight is 644 g/mol. The van der Waals surface area contributed by atoms with Crippen molar-refractivity contribution in [2.75, 3.05) is 32.6 Å². The average Bonchev–Trinajstić information content (AvgIpc) is 3.12. The van der Waals surface area contributed by atoms with E-state index in [0.717, 1.165) is 44.0 Å². The van der Waals surface area contributed by atoms with Crippen LogP contribution >= 0.6 is 0 Å². The Morgan fingerprint density at radius 2 is 1.67 bits per heavy atom. The van der Waals surface area contributed by atoms with Crippen molar-refractivity contribution in [3.8, 4) is 11.5 Å². The molecule has 0 fully saturated rings. The van der Waals surface area contributed by atoms with E-state index in [2.05, 4.69) is 32.3 Å². The van der Waals surface area contributed by atoms with Gasteiger partial charge in [0.2, 0.25) is 0 Å². The number of hydrogen-bond acceptors (Lipinski definition) is 7. The highest BCUT2D eigenvalue weighted by Crippen LogP contribution is 2.33. The second kappa shape index (κ2) is 14.4. The Kier molecular flexibility index (Phi) is 9.63. The minimum atomic E-state index is -0.395. The second-order valence-electron chi connectivity index (χ2n) is 11.7. The van der Waals surface area contributed by atoms with Crippen molar-refractivity contribution >= 4 is 23.7 Å². The van der Waals surface area contributed by atoms with Crippen LogP contribution in [0.15, 0.2) is 94.8 Å². The highest BCUT2D eigenvalue weighted by atomic mass is 16.5. The molecule has 244 valence electrons. The number of nitrogens with zero attached hydrogens (tertiary/aromatic N) is 3. The fourth-order valence-corrected chi connectivity index (χ4v) is 5.84. The number of amides is 1. The zero-order valence-electron chi connectivity index (χ0n) is 27.2. The summed E-state index contributed by atoms with van der Waals surface area (Å²) < 4.78 is 12.3.